The second-order valence-corrected chi connectivity index (χ2v) is 4.58. The summed E-state index contributed by atoms with van der Waals surface area (Å²) in [5, 5.41) is 8.80. The second kappa shape index (κ2) is 5.19. The van der Waals surface area contributed by atoms with Gasteiger partial charge in [-0.15, -0.1) is 0 Å². The van der Waals surface area contributed by atoms with E-state index >= 15 is 0 Å². The van der Waals surface area contributed by atoms with Crippen LogP contribution in [0, 0.1) is 5.92 Å². The molecule has 0 unspecified atom stereocenters. The summed E-state index contributed by atoms with van der Waals surface area (Å²) in [6.07, 6.45) is 0.0146. The Morgan fingerprint density at radius 1 is 1.47 bits per heavy atom. The maximum absolute atomic E-state index is 10.7. The zero-order chi connectivity index (χ0) is 12.3. The normalized spacial score (nSPS) is 16.5. The van der Waals surface area contributed by atoms with Crippen LogP contribution >= 0.6 is 0 Å². The van der Waals surface area contributed by atoms with Gasteiger partial charge in [0, 0.05) is 24.6 Å². The number of carbonyl (C=O) groups is 1. The summed E-state index contributed by atoms with van der Waals surface area (Å²) < 4.78 is 5.70. The van der Waals surface area contributed by atoms with Crippen LogP contribution in [0.15, 0.2) is 24.3 Å². The van der Waals surface area contributed by atoms with Crippen molar-refractivity contribution in [3.8, 4) is 5.75 Å². The van der Waals surface area contributed by atoms with Gasteiger partial charge in [-0.3, -0.25) is 4.79 Å². The molecule has 0 amide bonds. The summed E-state index contributed by atoms with van der Waals surface area (Å²) in [7, 11) is 2.08. The SMILES string of the molecule is CN1CC(COc2ccccc2CC(=O)O)C1. The first-order chi connectivity index (χ1) is 8.15. The number of para-hydroxylation sites is 1. The van der Waals surface area contributed by atoms with E-state index in [1.54, 1.807) is 6.07 Å². The fourth-order valence-corrected chi connectivity index (χ4v) is 2.09. The Morgan fingerprint density at radius 2 is 2.18 bits per heavy atom. The predicted octanol–water partition coefficient (Wildman–Crippen LogP) is 1.25. The minimum Gasteiger partial charge on any atom is -0.493 e. The summed E-state index contributed by atoms with van der Waals surface area (Å²) in [4.78, 5) is 12.9. The van der Waals surface area contributed by atoms with Gasteiger partial charge in [-0.2, -0.15) is 0 Å². The van der Waals surface area contributed by atoms with Crippen LogP contribution in [-0.2, 0) is 11.2 Å². The summed E-state index contributed by atoms with van der Waals surface area (Å²) in [6, 6.07) is 7.34. The van der Waals surface area contributed by atoms with E-state index in [9.17, 15) is 4.79 Å². The quantitative estimate of drug-likeness (QED) is 0.834. The van der Waals surface area contributed by atoms with Crippen LogP contribution in [0.1, 0.15) is 5.56 Å². The van der Waals surface area contributed by atoms with Gasteiger partial charge in [0.05, 0.1) is 13.0 Å². The van der Waals surface area contributed by atoms with Crippen LogP contribution in [0.3, 0.4) is 0 Å². The number of ether oxygens (including phenoxy) is 1. The molecule has 17 heavy (non-hydrogen) atoms. The van der Waals surface area contributed by atoms with Crippen LogP contribution in [-0.4, -0.2) is 42.7 Å². The molecule has 4 heteroatoms. The fraction of sp³-hybridized carbons (Fsp3) is 0.462. The van der Waals surface area contributed by atoms with Gasteiger partial charge in [-0.05, 0) is 13.1 Å². The minimum absolute atomic E-state index is 0.0146. The number of carboxylic acid groups (broad SMARTS) is 1. The Morgan fingerprint density at radius 3 is 2.82 bits per heavy atom. The lowest BCUT2D eigenvalue weighted by Gasteiger charge is -2.35. The largest absolute Gasteiger partial charge is 0.493 e. The third-order valence-corrected chi connectivity index (χ3v) is 2.93. The molecule has 1 N–H and O–H groups in total. The van der Waals surface area contributed by atoms with Crippen molar-refractivity contribution in [1.82, 2.24) is 4.90 Å². The molecule has 0 atom stereocenters. The lowest BCUT2D eigenvalue weighted by molar-refractivity contribution is -0.136. The minimum atomic E-state index is -0.829. The molecular weight excluding hydrogens is 218 g/mol. The fourth-order valence-electron chi connectivity index (χ4n) is 2.09. The Kier molecular flexibility index (Phi) is 3.64. The summed E-state index contributed by atoms with van der Waals surface area (Å²) >= 11 is 0. The first kappa shape index (κ1) is 11.9. The van der Waals surface area contributed by atoms with E-state index in [0.29, 0.717) is 18.3 Å². The number of benzene rings is 1. The van der Waals surface area contributed by atoms with Gasteiger partial charge in [0.1, 0.15) is 5.75 Å². The lowest BCUT2D eigenvalue weighted by atomic mass is 10.0. The summed E-state index contributed by atoms with van der Waals surface area (Å²) in [5.74, 6) is 0.437. The molecule has 0 saturated carbocycles. The van der Waals surface area contributed by atoms with Crippen molar-refractivity contribution in [1.29, 1.82) is 0 Å². The molecule has 4 nitrogen and oxygen atoms in total. The molecule has 1 aliphatic heterocycles. The highest BCUT2D eigenvalue weighted by Crippen LogP contribution is 2.21. The number of aliphatic carboxylic acids is 1. The van der Waals surface area contributed by atoms with E-state index in [-0.39, 0.29) is 6.42 Å². The van der Waals surface area contributed by atoms with Crippen LogP contribution in [0.4, 0.5) is 0 Å². The maximum atomic E-state index is 10.7. The van der Waals surface area contributed by atoms with E-state index in [1.165, 1.54) is 0 Å². The van der Waals surface area contributed by atoms with Gasteiger partial charge < -0.3 is 14.7 Å². The Labute approximate surface area is 101 Å². The Bertz CT molecular complexity index is 399. The van der Waals surface area contributed by atoms with Gasteiger partial charge >= 0.3 is 5.97 Å². The van der Waals surface area contributed by atoms with Crippen molar-refractivity contribution in [3.05, 3.63) is 29.8 Å². The van der Waals surface area contributed by atoms with Crippen LogP contribution in [0.5, 0.6) is 5.75 Å². The Balaban J connectivity index is 1.92. The monoisotopic (exact) mass is 235 g/mol. The summed E-state index contributed by atoms with van der Waals surface area (Å²) in [6.45, 7) is 2.78. The lowest BCUT2D eigenvalue weighted by Crippen LogP contribution is -2.46. The number of likely N-dealkylation sites (tertiary alicyclic amines) is 1. The third kappa shape index (κ3) is 3.20. The molecule has 0 radical (unpaired) electrons. The van der Waals surface area contributed by atoms with Gasteiger partial charge in [0.15, 0.2) is 0 Å². The zero-order valence-corrected chi connectivity index (χ0v) is 9.93. The van der Waals surface area contributed by atoms with Gasteiger partial charge in [0.2, 0.25) is 0 Å². The molecule has 1 aromatic rings. The number of carboxylic acids is 1. The first-order valence-corrected chi connectivity index (χ1v) is 5.76. The van der Waals surface area contributed by atoms with Crippen LogP contribution < -0.4 is 4.74 Å². The van der Waals surface area contributed by atoms with Crippen molar-refractivity contribution in [2.45, 2.75) is 6.42 Å². The third-order valence-electron chi connectivity index (χ3n) is 2.93. The number of rotatable bonds is 5. The van der Waals surface area contributed by atoms with Crippen molar-refractivity contribution in [3.63, 3.8) is 0 Å². The van der Waals surface area contributed by atoms with E-state index in [2.05, 4.69) is 11.9 Å². The highest BCUT2D eigenvalue weighted by Gasteiger charge is 2.23. The maximum Gasteiger partial charge on any atom is 0.307 e. The zero-order valence-electron chi connectivity index (χ0n) is 9.93. The predicted molar refractivity (Wildman–Crippen MR) is 64.3 cm³/mol. The van der Waals surface area contributed by atoms with Crippen LogP contribution in [0.2, 0.25) is 0 Å². The molecule has 0 aliphatic carbocycles. The number of nitrogens with zero attached hydrogens (tertiary/aromatic N) is 1. The van der Waals surface area contributed by atoms with E-state index in [4.69, 9.17) is 9.84 Å². The molecule has 1 saturated heterocycles. The highest BCUT2D eigenvalue weighted by molar-refractivity contribution is 5.71. The summed E-state index contributed by atoms with van der Waals surface area (Å²) in [5.41, 5.74) is 0.743. The average molecular weight is 235 g/mol. The van der Waals surface area contributed by atoms with E-state index in [1.807, 2.05) is 18.2 Å². The molecule has 0 aromatic heterocycles. The number of hydrogen-bond donors (Lipinski definition) is 1. The van der Waals surface area contributed by atoms with Crippen molar-refractivity contribution in [2.75, 3.05) is 26.7 Å². The first-order valence-electron chi connectivity index (χ1n) is 5.76. The van der Waals surface area contributed by atoms with E-state index in [0.717, 1.165) is 18.7 Å². The molecular formula is C13H17NO3. The van der Waals surface area contributed by atoms with Gasteiger partial charge in [0.25, 0.3) is 0 Å². The van der Waals surface area contributed by atoms with Crippen LogP contribution in [0.25, 0.3) is 0 Å². The molecule has 0 spiro atoms. The molecule has 1 heterocycles. The molecule has 92 valence electrons. The van der Waals surface area contributed by atoms with Crippen molar-refractivity contribution in [2.24, 2.45) is 5.92 Å². The topological polar surface area (TPSA) is 49.8 Å². The smallest absolute Gasteiger partial charge is 0.307 e. The van der Waals surface area contributed by atoms with Crippen molar-refractivity contribution < 1.29 is 14.6 Å². The molecule has 2 rings (SSSR count). The van der Waals surface area contributed by atoms with Crippen molar-refractivity contribution >= 4 is 5.97 Å². The van der Waals surface area contributed by atoms with Gasteiger partial charge in [-0.1, -0.05) is 18.2 Å². The highest BCUT2D eigenvalue weighted by atomic mass is 16.5. The molecule has 1 aliphatic rings. The molecule has 0 bridgehead atoms. The molecule has 1 aromatic carbocycles. The van der Waals surface area contributed by atoms with E-state index < -0.39 is 5.97 Å². The number of hydrogen-bond acceptors (Lipinski definition) is 3. The average Bonchev–Trinajstić information content (AvgIpc) is 2.24. The standard InChI is InChI=1S/C13H17NO3/c1-14-7-10(8-14)9-17-12-5-3-2-4-11(12)6-13(15)16/h2-5,10H,6-9H2,1H3,(H,15,16). The molecule has 1 fully saturated rings. The van der Waals surface area contributed by atoms with Gasteiger partial charge in [-0.25, -0.2) is 0 Å². The second-order valence-electron chi connectivity index (χ2n) is 4.58. The Hall–Kier alpha value is -1.55.